The quantitative estimate of drug-likeness (QED) is 0.570. The Morgan fingerprint density at radius 3 is 1.85 bits per heavy atom. The van der Waals surface area contributed by atoms with Crippen molar-refractivity contribution in [3.8, 4) is 17.2 Å². The van der Waals surface area contributed by atoms with Crippen LogP contribution in [0.3, 0.4) is 0 Å². The lowest BCUT2D eigenvalue weighted by Gasteiger charge is -2.18. The molecule has 5 nitrogen and oxygen atoms in total. The largest absolute Gasteiger partial charge is 0.493 e. The van der Waals surface area contributed by atoms with Crippen LogP contribution in [0.2, 0.25) is 0 Å². The lowest BCUT2D eigenvalue weighted by molar-refractivity contribution is -0.106. The molecule has 7 heteroatoms. The Morgan fingerprint density at radius 2 is 1.50 bits per heavy atom. The predicted molar refractivity (Wildman–Crippen MR) is 67.2 cm³/mol. The minimum atomic E-state index is -1.97. The highest BCUT2D eigenvalue weighted by molar-refractivity contribution is 5.54. The molecule has 0 atom stereocenters. The third-order valence-electron chi connectivity index (χ3n) is 2.45. The first kappa shape index (κ1) is 16.2. The van der Waals surface area contributed by atoms with Gasteiger partial charge in [-0.1, -0.05) is 0 Å². The summed E-state index contributed by atoms with van der Waals surface area (Å²) in [5, 5.41) is 0. The number of hydrogen-bond donors (Lipinski definition) is 0. The van der Waals surface area contributed by atoms with Crippen LogP contribution < -0.4 is 14.2 Å². The van der Waals surface area contributed by atoms with Gasteiger partial charge in [-0.15, -0.1) is 0 Å². The van der Waals surface area contributed by atoms with E-state index in [1.165, 1.54) is 28.4 Å². The van der Waals surface area contributed by atoms with Crippen molar-refractivity contribution in [1.29, 1.82) is 0 Å². The number of ether oxygens (including phenoxy) is 5. The Labute approximate surface area is 115 Å². The van der Waals surface area contributed by atoms with Gasteiger partial charge in [0.1, 0.15) is 0 Å². The minimum Gasteiger partial charge on any atom is -0.493 e. The summed E-state index contributed by atoms with van der Waals surface area (Å²) in [4.78, 5) is 0. The highest BCUT2D eigenvalue weighted by atomic mass is 19.3. The zero-order chi connectivity index (χ0) is 15.1. The maximum Gasteiger partial charge on any atom is 0.305 e. The fourth-order valence-electron chi connectivity index (χ4n) is 1.62. The smallest absolute Gasteiger partial charge is 0.305 e. The van der Waals surface area contributed by atoms with Crippen LogP contribution >= 0.6 is 0 Å². The number of benzene rings is 1. The van der Waals surface area contributed by atoms with E-state index in [1.54, 1.807) is 12.1 Å². The van der Waals surface area contributed by atoms with Crippen LogP contribution in [0.25, 0.3) is 0 Å². The maximum atomic E-state index is 12.1. The summed E-state index contributed by atoms with van der Waals surface area (Å²) in [5.41, 5.74) is 0.598. The monoisotopic (exact) mass is 290 g/mol. The number of hydrogen-bond acceptors (Lipinski definition) is 5. The lowest BCUT2D eigenvalue weighted by Crippen LogP contribution is -2.05. The Hall–Kier alpha value is -1.86. The van der Waals surface area contributed by atoms with Crippen molar-refractivity contribution in [3.63, 3.8) is 0 Å². The van der Waals surface area contributed by atoms with Gasteiger partial charge in [0.2, 0.25) is 5.75 Å². The van der Waals surface area contributed by atoms with E-state index < -0.39 is 12.4 Å². The van der Waals surface area contributed by atoms with E-state index in [0.717, 1.165) is 0 Å². The van der Waals surface area contributed by atoms with Gasteiger partial charge in [-0.3, -0.25) is 0 Å². The summed E-state index contributed by atoms with van der Waals surface area (Å²) in [7, 11) is 5.71. The summed E-state index contributed by atoms with van der Waals surface area (Å²) in [6, 6.07) is 3.11. The van der Waals surface area contributed by atoms with Crippen LogP contribution in [-0.2, 0) is 9.47 Å². The molecule has 0 amide bonds. The minimum absolute atomic E-state index is 0.0394. The highest BCUT2D eigenvalue weighted by Gasteiger charge is 2.19. The molecule has 0 bridgehead atoms. The zero-order valence-electron chi connectivity index (χ0n) is 11.6. The third kappa shape index (κ3) is 3.82. The Bertz CT molecular complexity index is 443. The van der Waals surface area contributed by atoms with Gasteiger partial charge in [0.25, 0.3) is 0 Å². The average Bonchev–Trinajstić information content (AvgIpc) is 2.45. The molecule has 0 saturated heterocycles. The van der Waals surface area contributed by atoms with Crippen LogP contribution in [0.15, 0.2) is 24.5 Å². The van der Waals surface area contributed by atoms with E-state index in [1.807, 2.05) is 0 Å². The Kier molecular flexibility index (Phi) is 6.20. The molecule has 1 aromatic rings. The van der Waals surface area contributed by atoms with E-state index in [-0.39, 0.29) is 17.2 Å². The van der Waals surface area contributed by atoms with Gasteiger partial charge >= 0.3 is 6.08 Å². The molecular formula is C13H16F2O5. The van der Waals surface area contributed by atoms with Crippen molar-refractivity contribution < 1.29 is 32.5 Å². The summed E-state index contributed by atoms with van der Waals surface area (Å²) >= 11 is 0. The van der Waals surface area contributed by atoms with Gasteiger partial charge in [0, 0.05) is 19.8 Å². The average molecular weight is 290 g/mol. The standard InChI is InChI=1S/C13H16F2O5/c1-16-9-5-8(13(18-3)19-4)6-10(17-2)12(9)20-7-11(14)15/h5-7,13H,1-4H3. The van der Waals surface area contributed by atoms with Crippen molar-refractivity contribution >= 4 is 0 Å². The van der Waals surface area contributed by atoms with E-state index in [0.29, 0.717) is 11.8 Å². The second-order valence-corrected chi connectivity index (χ2v) is 3.58. The van der Waals surface area contributed by atoms with Crippen LogP contribution in [-0.4, -0.2) is 28.4 Å². The summed E-state index contributed by atoms with van der Waals surface area (Å²) < 4.78 is 49.6. The van der Waals surface area contributed by atoms with Crippen LogP contribution in [0, 0.1) is 0 Å². The first-order valence-electron chi connectivity index (χ1n) is 5.56. The van der Waals surface area contributed by atoms with Crippen LogP contribution in [0.1, 0.15) is 11.9 Å². The first-order chi connectivity index (χ1) is 9.57. The predicted octanol–water partition coefficient (Wildman–Crippen LogP) is 3.11. The van der Waals surface area contributed by atoms with Gasteiger partial charge in [0.05, 0.1) is 14.2 Å². The molecule has 0 heterocycles. The van der Waals surface area contributed by atoms with E-state index in [4.69, 9.17) is 23.7 Å². The second kappa shape index (κ2) is 7.66. The molecule has 0 aliphatic rings. The molecule has 112 valence electrons. The van der Waals surface area contributed by atoms with Crippen molar-refractivity contribution in [1.82, 2.24) is 0 Å². The van der Waals surface area contributed by atoms with E-state index in [9.17, 15) is 8.78 Å². The highest BCUT2D eigenvalue weighted by Crippen LogP contribution is 2.40. The second-order valence-electron chi connectivity index (χ2n) is 3.58. The lowest BCUT2D eigenvalue weighted by atomic mass is 10.1. The molecular weight excluding hydrogens is 274 g/mol. The fraction of sp³-hybridized carbons (Fsp3) is 0.385. The van der Waals surface area contributed by atoms with Gasteiger partial charge in [0.15, 0.2) is 24.1 Å². The molecule has 0 unspecified atom stereocenters. The molecule has 1 rings (SSSR count). The molecule has 0 saturated carbocycles. The molecule has 0 spiro atoms. The molecule has 0 aromatic heterocycles. The van der Waals surface area contributed by atoms with Crippen molar-refractivity contribution in [2.45, 2.75) is 6.29 Å². The Morgan fingerprint density at radius 1 is 1.00 bits per heavy atom. The molecule has 1 aromatic carbocycles. The van der Waals surface area contributed by atoms with Crippen molar-refractivity contribution in [2.24, 2.45) is 0 Å². The molecule has 0 radical (unpaired) electrons. The Balaban J connectivity index is 3.27. The van der Waals surface area contributed by atoms with Gasteiger partial charge in [-0.2, -0.15) is 8.78 Å². The summed E-state index contributed by atoms with van der Waals surface area (Å²) in [6.07, 6.45) is -2.30. The van der Waals surface area contributed by atoms with Gasteiger partial charge in [-0.05, 0) is 12.1 Å². The van der Waals surface area contributed by atoms with Crippen molar-refractivity contribution in [3.05, 3.63) is 30.0 Å². The zero-order valence-corrected chi connectivity index (χ0v) is 11.6. The summed E-state index contributed by atoms with van der Waals surface area (Å²) in [6.45, 7) is 0. The van der Waals surface area contributed by atoms with E-state index >= 15 is 0 Å². The summed E-state index contributed by atoms with van der Waals surface area (Å²) in [5.74, 6) is 0.476. The third-order valence-corrected chi connectivity index (χ3v) is 2.45. The van der Waals surface area contributed by atoms with E-state index in [2.05, 4.69) is 0 Å². The van der Waals surface area contributed by atoms with Gasteiger partial charge < -0.3 is 23.7 Å². The molecule has 0 aliphatic carbocycles. The topological polar surface area (TPSA) is 46.2 Å². The molecule has 0 N–H and O–H groups in total. The molecule has 20 heavy (non-hydrogen) atoms. The van der Waals surface area contributed by atoms with Gasteiger partial charge in [-0.25, -0.2) is 0 Å². The molecule has 0 fully saturated rings. The van der Waals surface area contributed by atoms with Crippen molar-refractivity contribution in [2.75, 3.05) is 28.4 Å². The van der Waals surface area contributed by atoms with Crippen LogP contribution in [0.5, 0.6) is 17.2 Å². The molecule has 0 aliphatic heterocycles. The number of rotatable bonds is 7. The van der Waals surface area contributed by atoms with Crippen LogP contribution in [0.4, 0.5) is 8.78 Å². The SMILES string of the molecule is COc1cc(C(OC)OC)cc(OC)c1OC=C(F)F. The first-order valence-corrected chi connectivity index (χ1v) is 5.56. The number of methoxy groups -OCH3 is 4. The normalized spacial score (nSPS) is 10.3. The maximum absolute atomic E-state index is 12.1. The fourth-order valence-corrected chi connectivity index (χ4v) is 1.62. The number of halogens is 2.